The molecule has 0 radical (unpaired) electrons. The monoisotopic (exact) mass is 266 g/mol. The summed E-state index contributed by atoms with van der Waals surface area (Å²) in [6, 6.07) is -0.734. The number of carbonyl (C=O) groups excluding carboxylic acids is 1. The summed E-state index contributed by atoms with van der Waals surface area (Å²) in [4.78, 5) is 25.1. The Morgan fingerprint density at radius 1 is 1.47 bits per heavy atom. The SMILES string of the molecule is Cc1noc(C(C)C)c1C(=O)N1CCC[C@H]1C(=O)O. The molecule has 1 fully saturated rings. The smallest absolute Gasteiger partial charge is 0.326 e. The average Bonchev–Trinajstić information content (AvgIpc) is 2.93. The van der Waals surface area contributed by atoms with Crippen LogP contribution in [0.4, 0.5) is 0 Å². The van der Waals surface area contributed by atoms with Crippen molar-refractivity contribution in [1.82, 2.24) is 10.1 Å². The Labute approximate surface area is 111 Å². The van der Waals surface area contributed by atoms with E-state index in [4.69, 9.17) is 9.63 Å². The highest BCUT2D eigenvalue weighted by Crippen LogP contribution is 2.27. The van der Waals surface area contributed by atoms with Gasteiger partial charge in [-0.3, -0.25) is 4.79 Å². The van der Waals surface area contributed by atoms with Gasteiger partial charge in [0.25, 0.3) is 5.91 Å². The average molecular weight is 266 g/mol. The summed E-state index contributed by atoms with van der Waals surface area (Å²) in [5.74, 6) is -0.678. The van der Waals surface area contributed by atoms with Crippen LogP contribution in [-0.4, -0.2) is 39.6 Å². The highest BCUT2D eigenvalue weighted by Gasteiger charge is 2.37. The lowest BCUT2D eigenvalue weighted by atomic mass is 10.0. The standard InChI is InChI=1S/C13H18N2O4/c1-7(2)11-10(8(3)14-19-11)12(16)15-6-4-5-9(15)13(17)18/h7,9H,4-6H2,1-3H3,(H,17,18)/t9-/m0/s1. The molecule has 2 rings (SSSR count). The van der Waals surface area contributed by atoms with Crippen LogP contribution in [0.1, 0.15) is 54.4 Å². The van der Waals surface area contributed by atoms with Crippen LogP contribution in [-0.2, 0) is 4.79 Å². The molecule has 19 heavy (non-hydrogen) atoms. The molecule has 0 spiro atoms. The van der Waals surface area contributed by atoms with Gasteiger partial charge in [0, 0.05) is 12.5 Å². The van der Waals surface area contributed by atoms with Gasteiger partial charge in [0.05, 0.1) is 5.69 Å². The van der Waals surface area contributed by atoms with Gasteiger partial charge in [0.1, 0.15) is 11.6 Å². The molecule has 0 saturated carbocycles. The van der Waals surface area contributed by atoms with Crippen molar-refractivity contribution in [2.75, 3.05) is 6.54 Å². The van der Waals surface area contributed by atoms with Crippen molar-refractivity contribution in [3.63, 3.8) is 0 Å². The van der Waals surface area contributed by atoms with Gasteiger partial charge in [-0.15, -0.1) is 0 Å². The third-order valence-corrected chi connectivity index (χ3v) is 3.43. The fourth-order valence-electron chi connectivity index (χ4n) is 2.45. The maximum Gasteiger partial charge on any atom is 0.326 e. The number of nitrogens with zero attached hydrogens (tertiary/aromatic N) is 2. The minimum absolute atomic E-state index is 0.0334. The minimum atomic E-state index is -0.953. The molecule has 6 nitrogen and oxygen atoms in total. The Hall–Kier alpha value is -1.85. The van der Waals surface area contributed by atoms with E-state index in [0.717, 1.165) is 0 Å². The molecular weight excluding hydrogens is 248 g/mol. The van der Waals surface area contributed by atoms with E-state index < -0.39 is 12.0 Å². The minimum Gasteiger partial charge on any atom is -0.480 e. The van der Waals surface area contributed by atoms with Crippen LogP contribution >= 0.6 is 0 Å². The van der Waals surface area contributed by atoms with Gasteiger partial charge in [0.2, 0.25) is 0 Å². The number of likely N-dealkylation sites (tertiary alicyclic amines) is 1. The molecule has 0 aromatic carbocycles. The molecule has 1 N–H and O–H groups in total. The van der Waals surface area contributed by atoms with E-state index in [1.807, 2.05) is 13.8 Å². The maximum absolute atomic E-state index is 12.5. The first-order chi connectivity index (χ1) is 8.93. The number of rotatable bonds is 3. The molecule has 0 aliphatic carbocycles. The van der Waals surface area contributed by atoms with Gasteiger partial charge in [-0.1, -0.05) is 19.0 Å². The third-order valence-electron chi connectivity index (χ3n) is 3.43. The highest BCUT2D eigenvalue weighted by atomic mass is 16.5. The maximum atomic E-state index is 12.5. The van der Waals surface area contributed by atoms with Gasteiger partial charge in [-0.25, -0.2) is 4.79 Å². The topological polar surface area (TPSA) is 83.6 Å². The highest BCUT2D eigenvalue weighted by molar-refractivity contribution is 5.98. The summed E-state index contributed by atoms with van der Waals surface area (Å²) < 4.78 is 5.19. The van der Waals surface area contributed by atoms with Gasteiger partial charge >= 0.3 is 5.97 Å². The van der Waals surface area contributed by atoms with Crippen LogP contribution in [0.15, 0.2) is 4.52 Å². The van der Waals surface area contributed by atoms with Gasteiger partial charge in [0.15, 0.2) is 5.76 Å². The first-order valence-corrected chi connectivity index (χ1v) is 6.43. The van der Waals surface area contributed by atoms with Crippen molar-refractivity contribution in [1.29, 1.82) is 0 Å². The van der Waals surface area contributed by atoms with Crippen LogP contribution in [0.2, 0.25) is 0 Å². The summed E-state index contributed by atoms with van der Waals surface area (Å²) in [6.07, 6.45) is 1.21. The number of carboxylic acids is 1. The van der Waals surface area contributed by atoms with E-state index in [-0.39, 0.29) is 11.8 Å². The van der Waals surface area contributed by atoms with Crippen LogP contribution in [0.25, 0.3) is 0 Å². The molecule has 1 saturated heterocycles. The van der Waals surface area contributed by atoms with E-state index in [1.54, 1.807) is 6.92 Å². The second kappa shape index (κ2) is 5.03. The molecule has 1 aromatic rings. The lowest BCUT2D eigenvalue weighted by Crippen LogP contribution is -2.40. The number of aliphatic carboxylic acids is 1. The Kier molecular flexibility index (Phi) is 3.59. The second-order valence-corrected chi connectivity index (χ2v) is 5.16. The Bertz CT molecular complexity index is 507. The fourth-order valence-corrected chi connectivity index (χ4v) is 2.45. The van der Waals surface area contributed by atoms with Crippen molar-refractivity contribution >= 4 is 11.9 Å². The summed E-state index contributed by atoms with van der Waals surface area (Å²) in [6.45, 7) is 6.00. The number of aromatic nitrogens is 1. The largest absolute Gasteiger partial charge is 0.480 e. The molecule has 1 aliphatic heterocycles. The molecule has 2 heterocycles. The number of hydrogen-bond donors (Lipinski definition) is 1. The number of hydrogen-bond acceptors (Lipinski definition) is 4. The molecule has 1 amide bonds. The third kappa shape index (κ3) is 2.34. The number of aryl methyl sites for hydroxylation is 1. The van der Waals surface area contributed by atoms with E-state index >= 15 is 0 Å². The Morgan fingerprint density at radius 3 is 2.74 bits per heavy atom. The summed E-state index contributed by atoms with van der Waals surface area (Å²) in [5.41, 5.74) is 0.938. The van der Waals surface area contributed by atoms with Crippen molar-refractivity contribution in [2.45, 2.75) is 45.6 Å². The molecule has 6 heteroatoms. The predicted octanol–water partition coefficient (Wildman–Crippen LogP) is 1.80. The summed E-state index contributed by atoms with van der Waals surface area (Å²) >= 11 is 0. The van der Waals surface area contributed by atoms with Gasteiger partial charge in [-0.2, -0.15) is 0 Å². The van der Waals surface area contributed by atoms with E-state index in [2.05, 4.69) is 5.16 Å². The zero-order valence-corrected chi connectivity index (χ0v) is 11.3. The van der Waals surface area contributed by atoms with Gasteiger partial charge < -0.3 is 14.5 Å². The van der Waals surface area contributed by atoms with Crippen LogP contribution in [0.3, 0.4) is 0 Å². The summed E-state index contributed by atoms with van der Waals surface area (Å²) in [5, 5.41) is 13.0. The molecule has 1 atom stereocenters. The summed E-state index contributed by atoms with van der Waals surface area (Å²) in [7, 11) is 0. The fraction of sp³-hybridized carbons (Fsp3) is 0.615. The van der Waals surface area contributed by atoms with Crippen molar-refractivity contribution in [3.8, 4) is 0 Å². The molecule has 1 aromatic heterocycles. The Morgan fingerprint density at radius 2 is 2.16 bits per heavy atom. The molecule has 1 aliphatic rings. The van der Waals surface area contributed by atoms with Crippen LogP contribution in [0, 0.1) is 6.92 Å². The number of amides is 1. The van der Waals surface area contributed by atoms with E-state index in [0.29, 0.717) is 36.4 Å². The molecule has 0 bridgehead atoms. The lowest BCUT2D eigenvalue weighted by Gasteiger charge is -2.21. The predicted molar refractivity (Wildman–Crippen MR) is 67.0 cm³/mol. The molecular formula is C13H18N2O4. The first kappa shape index (κ1) is 13.6. The number of carbonyl (C=O) groups is 2. The van der Waals surface area contributed by atoms with Crippen molar-refractivity contribution < 1.29 is 19.2 Å². The Balaban J connectivity index is 2.34. The quantitative estimate of drug-likeness (QED) is 0.901. The van der Waals surface area contributed by atoms with Gasteiger partial charge in [-0.05, 0) is 19.8 Å². The normalized spacial score (nSPS) is 19.2. The number of carboxylic acid groups (broad SMARTS) is 1. The zero-order chi connectivity index (χ0) is 14.2. The van der Waals surface area contributed by atoms with Crippen LogP contribution in [0.5, 0.6) is 0 Å². The van der Waals surface area contributed by atoms with E-state index in [9.17, 15) is 9.59 Å². The molecule has 104 valence electrons. The zero-order valence-electron chi connectivity index (χ0n) is 11.3. The lowest BCUT2D eigenvalue weighted by molar-refractivity contribution is -0.141. The van der Waals surface area contributed by atoms with Crippen molar-refractivity contribution in [3.05, 3.63) is 17.0 Å². The second-order valence-electron chi connectivity index (χ2n) is 5.16. The molecule has 0 unspecified atom stereocenters. The van der Waals surface area contributed by atoms with Crippen molar-refractivity contribution in [2.24, 2.45) is 0 Å². The van der Waals surface area contributed by atoms with Crippen LogP contribution < -0.4 is 0 Å². The first-order valence-electron chi connectivity index (χ1n) is 6.43. The van der Waals surface area contributed by atoms with E-state index in [1.165, 1.54) is 4.90 Å².